The average Bonchev–Trinajstić information content (AvgIpc) is 2.10. The van der Waals surface area contributed by atoms with Crippen LogP contribution >= 0.6 is 0 Å². The van der Waals surface area contributed by atoms with E-state index in [0.717, 1.165) is 6.29 Å². The maximum absolute atomic E-state index is 11.0. The van der Waals surface area contributed by atoms with Crippen molar-refractivity contribution in [3.63, 3.8) is 0 Å². The first-order valence-corrected chi connectivity index (χ1v) is 6.66. The highest BCUT2D eigenvalue weighted by Crippen LogP contribution is 2.11. The molecule has 0 aromatic heterocycles. The predicted octanol–water partition coefficient (Wildman–Crippen LogP) is 4.10. The Morgan fingerprint density at radius 3 is 1.10 bits per heavy atom. The van der Waals surface area contributed by atoms with Gasteiger partial charge in [-0.15, -0.1) is 0 Å². The summed E-state index contributed by atoms with van der Waals surface area (Å²) in [5.41, 5.74) is -1.53. The number of carbonyl (C=O) groups excluding carboxylic acids is 3. The number of hydrogen-bond donors (Lipinski definition) is 0. The molecule has 0 N–H and O–H groups in total. The van der Waals surface area contributed by atoms with Gasteiger partial charge < -0.3 is 19.0 Å². The van der Waals surface area contributed by atoms with Gasteiger partial charge in [-0.3, -0.25) is 0 Å². The molecule has 0 aromatic rings. The Labute approximate surface area is 127 Å². The van der Waals surface area contributed by atoms with E-state index in [1.54, 1.807) is 41.5 Å². The predicted molar refractivity (Wildman–Crippen MR) is 79.1 cm³/mol. The SMILES string of the molecule is CC(C)(C)C=O.CC(C)(C)OC(=O)OC(=O)OC(C)(C)C. The highest BCUT2D eigenvalue weighted by Gasteiger charge is 2.24. The van der Waals surface area contributed by atoms with Gasteiger partial charge in [-0.1, -0.05) is 20.8 Å². The van der Waals surface area contributed by atoms with E-state index in [9.17, 15) is 14.4 Å². The lowest BCUT2D eigenvalue weighted by molar-refractivity contribution is -0.113. The van der Waals surface area contributed by atoms with E-state index >= 15 is 0 Å². The second kappa shape index (κ2) is 8.00. The van der Waals surface area contributed by atoms with E-state index < -0.39 is 23.5 Å². The van der Waals surface area contributed by atoms with Crippen molar-refractivity contribution in [3.05, 3.63) is 0 Å². The zero-order valence-corrected chi connectivity index (χ0v) is 14.5. The molecule has 0 unspecified atom stereocenters. The van der Waals surface area contributed by atoms with Gasteiger partial charge in [0, 0.05) is 5.41 Å². The number of rotatable bonds is 0. The standard InChI is InChI=1S/C10H18O5.C5H10O/c1-9(2,3)14-7(11)13-8(12)15-10(4,5)6;1-5(2,3)4-6/h1-6H3;4H,1-3H3. The van der Waals surface area contributed by atoms with Crippen LogP contribution in [-0.4, -0.2) is 29.8 Å². The Hall–Kier alpha value is -1.59. The zero-order chi connectivity index (χ0) is 17.5. The van der Waals surface area contributed by atoms with Crippen molar-refractivity contribution >= 4 is 18.6 Å². The van der Waals surface area contributed by atoms with E-state index in [1.807, 2.05) is 20.8 Å². The molecule has 0 fully saturated rings. The van der Waals surface area contributed by atoms with Crippen LogP contribution in [0.4, 0.5) is 9.59 Å². The van der Waals surface area contributed by atoms with Gasteiger partial charge in [0.25, 0.3) is 0 Å². The minimum Gasteiger partial charge on any atom is -0.428 e. The van der Waals surface area contributed by atoms with E-state index in [1.165, 1.54) is 0 Å². The summed E-state index contributed by atoms with van der Waals surface area (Å²) in [6.07, 6.45) is -1.18. The molecule has 6 heteroatoms. The summed E-state index contributed by atoms with van der Waals surface area (Å²) in [6.45, 7) is 15.6. The molecule has 0 aliphatic carbocycles. The van der Waals surface area contributed by atoms with Crippen LogP contribution in [0.2, 0.25) is 0 Å². The molecule has 0 aliphatic rings. The van der Waals surface area contributed by atoms with Gasteiger partial charge in [0.2, 0.25) is 0 Å². The molecule has 0 amide bonds. The molecule has 21 heavy (non-hydrogen) atoms. The lowest BCUT2D eigenvalue weighted by Gasteiger charge is -2.20. The smallest absolute Gasteiger partial charge is 0.428 e. The van der Waals surface area contributed by atoms with E-state index in [2.05, 4.69) is 4.74 Å². The van der Waals surface area contributed by atoms with Crippen LogP contribution in [0.15, 0.2) is 0 Å². The number of aldehydes is 1. The van der Waals surface area contributed by atoms with Crippen LogP contribution in [0.3, 0.4) is 0 Å². The van der Waals surface area contributed by atoms with Gasteiger partial charge in [-0.2, -0.15) is 0 Å². The molecule has 0 aliphatic heterocycles. The zero-order valence-electron chi connectivity index (χ0n) is 14.5. The maximum Gasteiger partial charge on any atom is 0.519 e. The van der Waals surface area contributed by atoms with Crippen molar-refractivity contribution in [2.24, 2.45) is 5.41 Å². The molecule has 0 atom stereocenters. The number of ether oxygens (including phenoxy) is 3. The van der Waals surface area contributed by atoms with Crippen LogP contribution in [0.1, 0.15) is 62.3 Å². The Morgan fingerprint density at radius 1 is 0.714 bits per heavy atom. The van der Waals surface area contributed by atoms with Gasteiger partial charge in [0.15, 0.2) is 0 Å². The molecule has 0 spiro atoms. The van der Waals surface area contributed by atoms with Gasteiger partial charge in [-0.25, -0.2) is 9.59 Å². The second-order valence-electron chi connectivity index (χ2n) is 7.51. The van der Waals surface area contributed by atoms with Crippen LogP contribution in [0, 0.1) is 5.41 Å². The minimum absolute atomic E-state index is 0.139. The fourth-order valence-corrected chi connectivity index (χ4v) is 0.610. The molecule has 0 heterocycles. The summed E-state index contributed by atoms with van der Waals surface area (Å²) in [5.74, 6) is 0. The first-order chi connectivity index (χ1) is 9.06. The summed E-state index contributed by atoms with van der Waals surface area (Å²) in [5, 5.41) is 0. The van der Waals surface area contributed by atoms with Crippen molar-refractivity contribution in [2.45, 2.75) is 73.5 Å². The van der Waals surface area contributed by atoms with Crippen molar-refractivity contribution < 1.29 is 28.6 Å². The molecule has 0 saturated carbocycles. The summed E-state index contributed by atoms with van der Waals surface area (Å²) in [4.78, 5) is 31.8. The Morgan fingerprint density at radius 2 is 0.952 bits per heavy atom. The lowest BCUT2D eigenvalue weighted by atomic mass is 10.0. The van der Waals surface area contributed by atoms with Crippen LogP contribution in [0.5, 0.6) is 0 Å². The Kier molecular flexibility index (Phi) is 8.27. The monoisotopic (exact) mass is 304 g/mol. The van der Waals surface area contributed by atoms with Gasteiger partial charge in [0.1, 0.15) is 17.5 Å². The molecule has 0 radical (unpaired) electrons. The van der Waals surface area contributed by atoms with Crippen LogP contribution in [-0.2, 0) is 19.0 Å². The Bertz CT molecular complexity index is 326. The van der Waals surface area contributed by atoms with Gasteiger partial charge >= 0.3 is 12.3 Å². The summed E-state index contributed by atoms with van der Waals surface area (Å²) in [7, 11) is 0. The van der Waals surface area contributed by atoms with E-state index in [-0.39, 0.29) is 5.41 Å². The third-order valence-corrected chi connectivity index (χ3v) is 1.30. The van der Waals surface area contributed by atoms with Crippen LogP contribution < -0.4 is 0 Å². The van der Waals surface area contributed by atoms with Crippen molar-refractivity contribution in [2.75, 3.05) is 0 Å². The van der Waals surface area contributed by atoms with E-state index in [0.29, 0.717) is 0 Å². The lowest BCUT2D eigenvalue weighted by Crippen LogP contribution is -2.29. The molecule has 124 valence electrons. The molecular weight excluding hydrogens is 276 g/mol. The van der Waals surface area contributed by atoms with Crippen molar-refractivity contribution in [1.29, 1.82) is 0 Å². The third kappa shape index (κ3) is 20.9. The Balaban J connectivity index is 0. The molecule has 0 rings (SSSR count). The minimum atomic E-state index is -1.06. The van der Waals surface area contributed by atoms with Crippen molar-refractivity contribution in [3.8, 4) is 0 Å². The highest BCUT2D eigenvalue weighted by atomic mass is 16.8. The summed E-state index contributed by atoms with van der Waals surface area (Å²) in [6, 6.07) is 0. The van der Waals surface area contributed by atoms with E-state index in [4.69, 9.17) is 9.47 Å². The molecule has 6 nitrogen and oxygen atoms in total. The van der Waals surface area contributed by atoms with Crippen LogP contribution in [0.25, 0.3) is 0 Å². The van der Waals surface area contributed by atoms with Gasteiger partial charge in [0.05, 0.1) is 0 Å². The largest absolute Gasteiger partial charge is 0.519 e. The molecule has 0 saturated heterocycles. The number of carbonyl (C=O) groups is 3. The normalized spacial score (nSPS) is 11.7. The second-order valence-corrected chi connectivity index (χ2v) is 7.51. The topological polar surface area (TPSA) is 78.9 Å². The first kappa shape index (κ1) is 21.7. The fourth-order valence-electron chi connectivity index (χ4n) is 0.610. The quantitative estimate of drug-likeness (QED) is 0.381. The number of hydrogen-bond acceptors (Lipinski definition) is 6. The summed E-state index contributed by atoms with van der Waals surface area (Å²) >= 11 is 0. The molecular formula is C15H28O6. The molecule has 0 bridgehead atoms. The maximum atomic E-state index is 11.0. The summed E-state index contributed by atoms with van der Waals surface area (Å²) < 4.78 is 13.8. The first-order valence-electron chi connectivity index (χ1n) is 6.66. The third-order valence-electron chi connectivity index (χ3n) is 1.30. The highest BCUT2D eigenvalue weighted by molar-refractivity contribution is 5.77. The average molecular weight is 304 g/mol. The molecule has 0 aromatic carbocycles. The van der Waals surface area contributed by atoms with Gasteiger partial charge in [-0.05, 0) is 41.5 Å². The fraction of sp³-hybridized carbons (Fsp3) is 0.800. The van der Waals surface area contributed by atoms with Crippen molar-refractivity contribution in [1.82, 2.24) is 0 Å².